The van der Waals surface area contributed by atoms with Gasteiger partial charge in [0.25, 0.3) is 0 Å². The van der Waals surface area contributed by atoms with Gasteiger partial charge in [0.15, 0.2) is 0 Å². The van der Waals surface area contributed by atoms with Gasteiger partial charge in [-0.25, -0.2) is 0 Å². The smallest absolute Gasteiger partial charge is 0.243 e. The van der Waals surface area contributed by atoms with Gasteiger partial charge in [-0.1, -0.05) is 64.9 Å². The SMILES string of the molecule is C=CC(=O)NCCC[N+](C)(C)CCCCCCCCCCCC.[Cl-]. The maximum atomic E-state index is 11.1. The summed E-state index contributed by atoms with van der Waals surface area (Å²) in [6, 6.07) is 0. The molecule has 0 aliphatic rings. The summed E-state index contributed by atoms with van der Waals surface area (Å²) >= 11 is 0. The third-order valence-electron chi connectivity index (χ3n) is 4.54. The van der Waals surface area contributed by atoms with Gasteiger partial charge in [0.05, 0.1) is 27.2 Å². The van der Waals surface area contributed by atoms with Crippen LogP contribution in [0.5, 0.6) is 0 Å². The highest BCUT2D eigenvalue weighted by atomic mass is 35.5. The molecule has 0 heterocycles. The first-order valence-electron chi connectivity index (χ1n) is 9.74. The van der Waals surface area contributed by atoms with E-state index in [0.717, 1.165) is 24.0 Å². The minimum atomic E-state index is -0.0648. The summed E-state index contributed by atoms with van der Waals surface area (Å²) in [7, 11) is 4.59. The van der Waals surface area contributed by atoms with Gasteiger partial charge >= 0.3 is 0 Å². The number of unbranched alkanes of at least 4 members (excludes halogenated alkanes) is 9. The second-order valence-electron chi connectivity index (χ2n) is 7.41. The van der Waals surface area contributed by atoms with Gasteiger partial charge in [-0.2, -0.15) is 0 Å². The van der Waals surface area contributed by atoms with Crippen molar-refractivity contribution in [3.05, 3.63) is 12.7 Å². The molecule has 0 saturated heterocycles. The summed E-state index contributed by atoms with van der Waals surface area (Å²) in [5.74, 6) is -0.0648. The Morgan fingerprint density at radius 3 is 1.83 bits per heavy atom. The van der Waals surface area contributed by atoms with Crippen LogP contribution in [0.15, 0.2) is 12.7 Å². The maximum Gasteiger partial charge on any atom is 0.243 e. The summed E-state index contributed by atoms with van der Waals surface area (Å²) in [5.41, 5.74) is 0. The van der Waals surface area contributed by atoms with E-state index in [1.54, 1.807) is 0 Å². The molecule has 1 N–H and O–H groups in total. The van der Waals surface area contributed by atoms with E-state index in [1.807, 2.05) is 0 Å². The number of hydrogen-bond acceptors (Lipinski definition) is 1. The van der Waals surface area contributed by atoms with Gasteiger partial charge in [-0.05, 0) is 18.9 Å². The number of hydrogen-bond donors (Lipinski definition) is 1. The van der Waals surface area contributed by atoms with Gasteiger partial charge in [-0.3, -0.25) is 4.79 Å². The molecule has 0 radical (unpaired) electrons. The predicted octanol–water partition coefficient (Wildman–Crippen LogP) is 1.68. The van der Waals surface area contributed by atoms with Crippen LogP contribution in [0.3, 0.4) is 0 Å². The molecule has 0 saturated carbocycles. The molecule has 144 valence electrons. The highest BCUT2D eigenvalue weighted by Crippen LogP contribution is 2.11. The lowest BCUT2D eigenvalue weighted by atomic mass is 10.1. The van der Waals surface area contributed by atoms with Crippen molar-refractivity contribution >= 4 is 5.91 Å². The quantitative estimate of drug-likeness (QED) is 0.253. The summed E-state index contributed by atoms with van der Waals surface area (Å²) < 4.78 is 1.06. The molecule has 0 unspecified atom stereocenters. The molecule has 0 aromatic rings. The predicted molar refractivity (Wildman–Crippen MR) is 102 cm³/mol. The van der Waals surface area contributed by atoms with Crippen molar-refractivity contribution in [3.8, 4) is 0 Å². The van der Waals surface area contributed by atoms with Gasteiger partial charge in [-0.15, -0.1) is 0 Å². The molecule has 0 spiro atoms. The van der Waals surface area contributed by atoms with Gasteiger partial charge in [0.2, 0.25) is 5.91 Å². The largest absolute Gasteiger partial charge is 1.00 e. The Morgan fingerprint density at radius 1 is 0.875 bits per heavy atom. The van der Waals surface area contributed by atoms with Crippen LogP contribution in [-0.2, 0) is 4.79 Å². The van der Waals surface area contributed by atoms with Crippen molar-refractivity contribution in [2.75, 3.05) is 33.7 Å². The Kier molecular flexibility index (Phi) is 18.5. The first-order valence-corrected chi connectivity index (χ1v) is 9.74. The topological polar surface area (TPSA) is 29.1 Å². The molecule has 0 aliphatic heterocycles. The molecule has 0 atom stereocenters. The van der Waals surface area contributed by atoms with E-state index in [9.17, 15) is 4.79 Å². The summed E-state index contributed by atoms with van der Waals surface area (Å²) in [6.45, 7) is 8.85. The van der Waals surface area contributed by atoms with Gasteiger partial charge in [0.1, 0.15) is 0 Å². The molecule has 3 nitrogen and oxygen atoms in total. The number of halogens is 1. The summed E-state index contributed by atoms with van der Waals surface area (Å²) in [6.07, 6.45) is 16.3. The normalized spacial score (nSPS) is 11.0. The van der Waals surface area contributed by atoms with Crippen LogP contribution in [0.1, 0.15) is 77.6 Å². The molecule has 0 aromatic heterocycles. The third kappa shape index (κ3) is 17.8. The third-order valence-corrected chi connectivity index (χ3v) is 4.54. The first kappa shape index (κ1) is 25.7. The zero-order valence-electron chi connectivity index (χ0n) is 16.4. The Morgan fingerprint density at radius 2 is 1.33 bits per heavy atom. The van der Waals surface area contributed by atoms with E-state index < -0.39 is 0 Å². The van der Waals surface area contributed by atoms with Crippen LogP contribution < -0.4 is 17.7 Å². The molecule has 0 bridgehead atoms. The second kappa shape index (κ2) is 17.3. The van der Waals surface area contributed by atoms with Crippen LogP contribution in [0.2, 0.25) is 0 Å². The van der Waals surface area contributed by atoms with Crippen molar-refractivity contribution < 1.29 is 21.7 Å². The number of nitrogens with one attached hydrogen (secondary N) is 1. The Bertz CT molecular complexity index is 306. The lowest BCUT2D eigenvalue weighted by Crippen LogP contribution is -3.00. The molecule has 0 aromatic carbocycles. The van der Waals surface area contributed by atoms with E-state index in [0.29, 0.717) is 0 Å². The zero-order chi connectivity index (χ0) is 17.4. The second-order valence-corrected chi connectivity index (χ2v) is 7.41. The minimum absolute atomic E-state index is 0. The van der Waals surface area contributed by atoms with Crippen LogP contribution in [-0.4, -0.2) is 44.1 Å². The highest BCUT2D eigenvalue weighted by Gasteiger charge is 2.13. The van der Waals surface area contributed by atoms with Crippen LogP contribution in [0.25, 0.3) is 0 Å². The fourth-order valence-corrected chi connectivity index (χ4v) is 2.93. The average molecular weight is 361 g/mol. The van der Waals surface area contributed by atoms with Crippen LogP contribution >= 0.6 is 0 Å². The monoisotopic (exact) mass is 360 g/mol. The van der Waals surface area contributed by atoms with Crippen molar-refractivity contribution in [3.63, 3.8) is 0 Å². The maximum absolute atomic E-state index is 11.1. The lowest BCUT2D eigenvalue weighted by Gasteiger charge is -2.30. The van der Waals surface area contributed by atoms with E-state index in [2.05, 4.69) is 32.9 Å². The van der Waals surface area contributed by atoms with Gasteiger partial charge < -0.3 is 22.2 Å². The number of nitrogens with zero attached hydrogens (tertiary/aromatic N) is 1. The number of carbonyl (C=O) groups is 1. The average Bonchev–Trinajstić information content (AvgIpc) is 2.53. The molecule has 4 heteroatoms. The Labute approximate surface area is 157 Å². The highest BCUT2D eigenvalue weighted by molar-refractivity contribution is 5.86. The van der Waals surface area contributed by atoms with Gasteiger partial charge in [0, 0.05) is 13.0 Å². The number of amides is 1. The number of quaternary nitrogens is 1. The standard InChI is InChI=1S/C20H40N2O.ClH/c1-5-7-8-9-10-11-12-13-14-15-18-22(3,4)19-16-17-21-20(23)6-2;/h6H,2,5,7-19H2,1,3-4H3;1H. The van der Waals surface area contributed by atoms with Crippen molar-refractivity contribution in [1.82, 2.24) is 5.32 Å². The van der Waals surface area contributed by atoms with E-state index >= 15 is 0 Å². The fraction of sp³-hybridized carbons (Fsp3) is 0.850. The molecule has 0 aliphatic carbocycles. The van der Waals surface area contributed by atoms with E-state index in [1.165, 1.54) is 76.8 Å². The Hall–Kier alpha value is -0.540. The molecule has 0 fully saturated rings. The lowest BCUT2D eigenvalue weighted by molar-refractivity contribution is -0.890. The molecular formula is C20H41ClN2O. The van der Waals surface area contributed by atoms with Crippen molar-refractivity contribution in [2.45, 2.75) is 77.6 Å². The van der Waals surface area contributed by atoms with Crippen LogP contribution in [0.4, 0.5) is 0 Å². The van der Waals surface area contributed by atoms with E-state index in [4.69, 9.17) is 0 Å². The van der Waals surface area contributed by atoms with Crippen LogP contribution in [0, 0.1) is 0 Å². The van der Waals surface area contributed by atoms with Crippen molar-refractivity contribution in [2.24, 2.45) is 0 Å². The zero-order valence-corrected chi connectivity index (χ0v) is 17.2. The number of rotatable bonds is 16. The minimum Gasteiger partial charge on any atom is -1.00 e. The molecule has 1 amide bonds. The first-order chi connectivity index (χ1) is 11.0. The fourth-order valence-electron chi connectivity index (χ4n) is 2.93. The molecule has 24 heavy (non-hydrogen) atoms. The molecule has 0 rings (SSSR count). The van der Waals surface area contributed by atoms with E-state index in [-0.39, 0.29) is 18.3 Å². The number of carbonyl (C=O) groups excluding carboxylic acids is 1. The summed E-state index contributed by atoms with van der Waals surface area (Å²) in [4.78, 5) is 11.1. The molecular weight excluding hydrogens is 320 g/mol. The summed E-state index contributed by atoms with van der Waals surface area (Å²) in [5, 5.41) is 2.85. The van der Waals surface area contributed by atoms with Crippen molar-refractivity contribution in [1.29, 1.82) is 0 Å². The Balaban J connectivity index is 0.